The standard InChI is InChI=1S/C12H15N3OS/c13-12-14-9-6-7-17-10(9)11(15-12)16-8-4-2-1-3-5-8/h6-8H,1-5H2,(H2,13,14,15). The van der Waals surface area contributed by atoms with Gasteiger partial charge in [-0.3, -0.25) is 0 Å². The minimum Gasteiger partial charge on any atom is -0.473 e. The molecule has 0 aromatic carbocycles. The molecule has 0 aliphatic heterocycles. The lowest BCUT2D eigenvalue weighted by molar-refractivity contribution is 0.151. The first-order valence-electron chi connectivity index (χ1n) is 6.00. The number of nitrogen functional groups attached to an aromatic ring is 1. The van der Waals surface area contributed by atoms with Crippen molar-refractivity contribution in [3.05, 3.63) is 11.4 Å². The highest BCUT2D eigenvalue weighted by molar-refractivity contribution is 7.17. The van der Waals surface area contributed by atoms with Crippen LogP contribution in [0.4, 0.5) is 5.95 Å². The van der Waals surface area contributed by atoms with E-state index in [4.69, 9.17) is 10.5 Å². The summed E-state index contributed by atoms with van der Waals surface area (Å²) >= 11 is 1.61. The van der Waals surface area contributed by atoms with Crippen molar-refractivity contribution < 1.29 is 4.74 Å². The lowest BCUT2D eigenvalue weighted by atomic mass is 9.98. The Hall–Kier alpha value is -1.36. The Morgan fingerprint density at radius 2 is 2.06 bits per heavy atom. The molecule has 3 rings (SSSR count). The van der Waals surface area contributed by atoms with Crippen LogP contribution in [0.1, 0.15) is 32.1 Å². The Labute approximate surface area is 104 Å². The topological polar surface area (TPSA) is 61.0 Å². The maximum absolute atomic E-state index is 5.99. The van der Waals surface area contributed by atoms with Gasteiger partial charge >= 0.3 is 0 Å². The molecule has 0 amide bonds. The number of thiophene rings is 1. The average molecular weight is 249 g/mol. The molecule has 0 radical (unpaired) electrons. The van der Waals surface area contributed by atoms with Gasteiger partial charge in [-0.1, -0.05) is 6.42 Å². The molecule has 1 saturated carbocycles. The highest BCUT2D eigenvalue weighted by Gasteiger charge is 2.18. The van der Waals surface area contributed by atoms with Crippen LogP contribution in [0.15, 0.2) is 11.4 Å². The molecule has 1 fully saturated rings. The number of fused-ring (bicyclic) bond motifs is 1. The molecule has 2 aromatic heterocycles. The summed E-state index contributed by atoms with van der Waals surface area (Å²) in [6.07, 6.45) is 6.36. The molecular weight excluding hydrogens is 234 g/mol. The number of aromatic nitrogens is 2. The van der Waals surface area contributed by atoms with Gasteiger partial charge < -0.3 is 10.5 Å². The molecule has 2 N–H and O–H groups in total. The van der Waals surface area contributed by atoms with Gasteiger partial charge in [0, 0.05) is 0 Å². The molecule has 1 aliphatic rings. The van der Waals surface area contributed by atoms with Gasteiger partial charge in [0.2, 0.25) is 11.8 Å². The van der Waals surface area contributed by atoms with Crippen molar-refractivity contribution >= 4 is 27.5 Å². The van der Waals surface area contributed by atoms with Crippen molar-refractivity contribution in [2.45, 2.75) is 38.2 Å². The molecule has 5 heteroatoms. The van der Waals surface area contributed by atoms with Gasteiger partial charge in [-0.25, -0.2) is 4.98 Å². The van der Waals surface area contributed by atoms with E-state index >= 15 is 0 Å². The predicted molar refractivity (Wildman–Crippen MR) is 69.3 cm³/mol. The molecule has 4 nitrogen and oxygen atoms in total. The molecule has 2 aromatic rings. The molecule has 0 unspecified atom stereocenters. The summed E-state index contributed by atoms with van der Waals surface area (Å²) in [5.41, 5.74) is 6.57. The fourth-order valence-electron chi connectivity index (χ4n) is 2.27. The molecule has 0 saturated heterocycles. The maximum Gasteiger partial charge on any atom is 0.236 e. The Bertz CT molecular complexity index is 519. The molecule has 0 atom stereocenters. The van der Waals surface area contributed by atoms with Crippen LogP contribution in [0.5, 0.6) is 5.88 Å². The first-order valence-corrected chi connectivity index (χ1v) is 6.88. The third-order valence-corrected chi connectivity index (χ3v) is 4.01. The van der Waals surface area contributed by atoms with Gasteiger partial charge in [-0.05, 0) is 37.1 Å². The molecular formula is C12H15N3OS. The van der Waals surface area contributed by atoms with Crippen LogP contribution in [0.3, 0.4) is 0 Å². The second-order valence-corrected chi connectivity index (χ2v) is 5.32. The van der Waals surface area contributed by atoms with Crippen LogP contribution in [0.2, 0.25) is 0 Å². The van der Waals surface area contributed by atoms with Gasteiger partial charge in [0.25, 0.3) is 0 Å². The van der Waals surface area contributed by atoms with Gasteiger partial charge in [-0.15, -0.1) is 11.3 Å². The van der Waals surface area contributed by atoms with E-state index in [2.05, 4.69) is 9.97 Å². The van der Waals surface area contributed by atoms with E-state index in [0.717, 1.165) is 23.1 Å². The summed E-state index contributed by atoms with van der Waals surface area (Å²) < 4.78 is 6.99. The molecule has 0 bridgehead atoms. The zero-order chi connectivity index (χ0) is 11.7. The second-order valence-electron chi connectivity index (χ2n) is 4.40. The molecule has 0 spiro atoms. The smallest absolute Gasteiger partial charge is 0.236 e. The molecule has 90 valence electrons. The number of nitrogens with zero attached hydrogens (tertiary/aromatic N) is 2. The van der Waals surface area contributed by atoms with Crippen molar-refractivity contribution in [3.63, 3.8) is 0 Å². The van der Waals surface area contributed by atoms with E-state index in [1.165, 1.54) is 19.3 Å². The van der Waals surface area contributed by atoms with E-state index in [1.54, 1.807) is 11.3 Å². The van der Waals surface area contributed by atoms with E-state index in [9.17, 15) is 0 Å². The summed E-state index contributed by atoms with van der Waals surface area (Å²) in [4.78, 5) is 8.41. The van der Waals surface area contributed by atoms with E-state index in [-0.39, 0.29) is 0 Å². The Balaban J connectivity index is 1.90. The van der Waals surface area contributed by atoms with Crippen molar-refractivity contribution in [1.82, 2.24) is 9.97 Å². The Kier molecular flexibility index (Phi) is 2.84. The van der Waals surface area contributed by atoms with Gasteiger partial charge in [0.15, 0.2) is 0 Å². The highest BCUT2D eigenvalue weighted by atomic mass is 32.1. The number of rotatable bonds is 2. The van der Waals surface area contributed by atoms with Crippen molar-refractivity contribution in [2.75, 3.05) is 5.73 Å². The largest absolute Gasteiger partial charge is 0.473 e. The monoisotopic (exact) mass is 249 g/mol. The lowest BCUT2D eigenvalue weighted by Crippen LogP contribution is -2.20. The quantitative estimate of drug-likeness (QED) is 0.888. The number of nitrogens with two attached hydrogens (primary N) is 1. The first kappa shape index (κ1) is 10.8. The normalized spacial score (nSPS) is 17.4. The average Bonchev–Trinajstić information content (AvgIpc) is 2.78. The summed E-state index contributed by atoms with van der Waals surface area (Å²) in [6.45, 7) is 0. The zero-order valence-corrected chi connectivity index (χ0v) is 10.4. The zero-order valence-electron chi connectivity index (χ0n) is 9.56. The Morgan fingerprint density at radius 3 is 2.88 bits per heavy atom. The van der Waals surface area contributed by atoms with E-state index in [0.29, 0.717) is 17.9 Å². The summed E-state index contributed by atoms with van der Waals surface area (Å²) in [7, 11) is 0. The summed E-state index contributed by atoms with van der Waals surface area (Å²) in [5, 5.41) is 1.99. The lowest BCUT2D eigenvalue weighted by Gasteiger charge is -2.22. The van der Waals surface area contributed by atoms with Crippen LogP contribution in [-0.4, -0.2) is 16.1 Å². The molecule has 17 heavy (non-hydrogen) atoms. The number of hydrogen-bond acceptors (Lipinski definition) is 5. The minimum absolute atomic E-state index is 0.293. The SMILES string of the molecule is Nc1nc(OC2CCCCC2)c2sccc2n1. The highest BCUT2D eigenvalue weighted by Crippen LogP contribution is 2.31. The maximum atomic E-state index is 5.99. The predicted octanol–water partition coefficient (Wildman–Crippen LogP) is 2.99. The van der Waals surface area contributed by atoms with Crippen LogP contribution in [0, 0.1) is 0 Å². The fourth-order valence-corrected chi connectivity index (χ4v) is 3.04. The number of ether oxygens (including phenoxy) is 1. The number of anilines is 1. The summed E-state index contributed by atoms with van der Waals surface area (Å²) in [6, 6.07) is 1.95. The van der Waals surface area contributed by atoms with E-state index < -0.39 is 0 Å². The van der Waals surface area contributed by atoms with Crippen LogP contribution >= 0.6 is 11.3 Å². The van der Waals surface area contributed by atoms with Crippen molar-refractivity contribution in [3.8, 4) is 5.88 Å². The van der Waals surface area contributed by atoms with Crippen molar-refractivity contribution in [1.29, 1.82) is 0 Å². The van der Waals surface area contributed by atoms with E-state index in [1.807, 2.05) is 11.4 Å². The van der Waals surface area contributed by atoms with Crippen molar-refractivity contribution in [2.24, 2.45) is 0 Å². The third kappa shape index (κ3) is 2.20. The first-order chi connectivity index (χ1) is 8.33. The number of hydrogen-bond donors (Lipinski definition) is 1. The third-order valence-electron chi connectivity index (χ3n) is 3.12. The van der Waals surface area contributed by atoms with Gasteiger partial charge in [0.05, 0.1) is 5.52 Å². The van der Waals surface area contributed by atoms with Crippen LogP contribution in [-0.2, 0) is 0 Å². The van der Waals surface area contributed by atoms with Crippen LogP contribution in [0.25, 0.3) is 10.2 Å². The Morgan fingerprint density at radius 1 is 1.24 bits per heavy atom. The minimum atomic E-state index is 0.293. The summed E-state index contributed by atoms with van der Waals surface area (Å²) in [5.74, 6) is 0.955. The van der Waals surface area contributed by atoms with Gasteiger partial charge in [0.1, 0.15) is 10.8 Å². The molecule has 1 aliphatic carbocycles. The van der Waals surface area contributed by atoms with Crippen LogP contribution < -0.4 is 10.5 Å². The second kappa shape index (κ2) is 4.49. The molecule has 2 heterocycles. The fraction of sp³-hybridized carbons (Fsp3) is 0.500. The van der Waals surface area contributed by atoms with Gasteiger partial charge in [-0.2, -0.15) is 4.98 Å².